The third-order valence-corrected chi connectivity index (χ3v) is 5.28. The van der Waals surface area contributed by atoms with Gasteiger partial charge in [-0.15, -0.1) is 11.3 Å². The second-order valence-electron chi connectivity index (χ2n) is 4.20. The van der Waals surface area contributed by atoms with Gasteiger partial charge in [0, 0.05) is 4.88 Å². The van der Waals surface area contributed by atoms with Crippen LogP contribution in [0.5, 0.6) is 5.75 Å². The molecule has 3 heteroatoms. The quantitative estimate of drug-likeness (QED) is 0.739. The molecule has 0 spiro atoms. The fourth-order valence-electron chi connectivity index (χ4n) is 2.14. The molecule has 1 aromatic heterocycles. The summed E-state index contributed by atoms with van der Waals surface area (Å²) in [7, 11) is 0. The molecule has 0 saturated carbocycles. The first-order chi connectivity index (χ1) is 8.34. The van der Waals surface area contributed by atoms with Crippen LogP contribution in [-0.4, -0.2) is 6.61 Å². The molecule has 0 bridgehead atoms. The molecule has 1 aromatic carbocycles. The van der Waals surface area contributed by atoms with Gasteiger partial charge >= 0.3 is 0 Å². The van der Waals surface area contributed by atoms with E-state index in [1.165, 1.54) is 16.0 Å². The molecule has 1 unspecified atom stereocenters. The van der Waals surface area contributed by atoms with E-state index in [1.54, 1.807) is 11.3 Å². The first-order valence-corrected chi connectivity index (χ1v) is 7.57. The lowest BCUT2D eigenvalue weighted by Gasteiger charge is -2.19. The molecule has 1 nitrogen and oxygen atoms in total. The third kappa shape index (κ3) is 2.26. The van der Waals surface area contributed by atoms with Gasteiger partial charge in [0.2, 0.25) is 0 Å². The van der Waals surface area contributed by atoms with Gasteiger partial charge in [-0.05, 0) is 41.5 Å². The lowest BCUT2D eigenvalue weighted by atomic mass is 10.0. The Balaban J connectivity index is 1.93. The van der Waals surface area contributed by atoms with Crippen molar-refractivity contribution in [2.75, 3.05) is 6.61 Å². The molecule has 0 amide bonds. The van der Waals surface area contributed by atoms with Crippen LogP contribution >= 0.6 is 27.3 Å². The van der Waals surface area contributed by atoms with E-state index in [9.17, 15) is 0 Å². The van der Waals surface area contributed by atoms with Crippen LogP contribution in [0.1, 0.15) is 27.3 Å². The number of rotatable bonds is 2. The molecule has 17 heavy (non-hydrogen) atoms. The van der Waals surface area contributed by atoms with Gasteiger partial charge < -0.3 is 4.74 Å². The first kappa shape index (κ1) is 11.3. The Morgan fingerprint density at radius 2 is 2.24 bits per heavy atom. The van der Waals surface area contributed by atoms with Crippen molar-refractivity contribution in [1.29, 1.82) is 0 Å². The van der Waals surface area contributed by atoms with E-state index in [1.807, 2.05) is 0 Å². The number of alkyl halides is 1. The molecule has 1 aliphatic heterocycles. The van der Waals surface area contributed by atoms with Gasteiger partial charge in [-0.1, -0.05) is 34.1 Å². The SMILES string of the molecule is BrC(c1ccc2c(c1)CCCO2)c1cccs1. The number of ether oxygens (including phenoxy) is 1. The van der Waals surface area contributed by atoms with Gasteiger partial charge in [-0.3, -0.25) is 0 Å². The van der Waals surface area contributed by atoms with Crippen molar-refractivity contribution in [1.82, 2.24) is 0 Å². The molecule has 0 radical (unpaired) electrons. The summed E-state index contributed by atoms with van der Waals surface area (Å²) in [5, 5.41) is 2.12. The molecule has 1 aliphatic rings. The Labute approximate surface area is 114 Å². The summed E-state index contributed by atoms with van der Waals surface area (Å²) in [5.41, 5.74) is 2.66. The topological polar surface area (TPSA) is 9.23 Å². The molecule has 0 aliphatic carbocycles. The van der Waals surface area contributed by atoms with Gasteiger partial charge in [0.15, 0.2) is 0 Å². The highest BCUT2D eigenvalue weighted by Crippen LogP contribution is 2.36. The number of hydrogen-bond donors (Lipinski definition) is 0. The highest BCUT2D eigenvalue weighted by molar-refractivity contribution is 9.09. The number of halogens is 1. The van der Waals surface area contributed by atoms with E-state index in [0.717, 1.165) is 25.2 Å². The van der Waals surface area contributed by atoms with Crippen molar-refractivity contribution in [3.63, 3.8) is 0 Å². The van der Waals surface area contributed by atoms with Crippen LogP contribution in [0.3, 0.4) is 0 Å². The lowest BCUT2D eigenvalue weighted by Crippen LogP contribution is -2.08. The summed E-state index contributed by atoms with van der Waals surface area (Å²) in [4.78, 5) is 1.65. The number of hydrogen-bond acceptors (Lipinski definition) is 2. The normalized spacial score (nSPS) is 16.1. The second kappa shape index (κ2) is 4.83. The second-order valence-corrected chi connectivity index (χ2v) is 6.09. The van der Waals surface area contributed by atoms with Crippen molar-refractivity contribution in [3.05, 3.63) is 51.7 Å². The average molecular weight is 309 g/mol. The van der Waals surface area contributed by atoms with E-state index >= 15 is 0 Å². The Bertz CT molecular complexity index is 507. The first-order valence-electron chi connectivity index (χ1n) is 5.78. The minimum absolute atomic E-state index is 0.301. The summed E-state index contributed by atoms with van der Waals surface area (Å²) >= 11 is 5.56. The largest absolute Gasteiger partial charge is 0.493 e. The molecule has 0 fully saturated rings. The maximum atomic E-state index is 5.64. The van der Waals surface area contributed by atoms with E-state index < -0.39 is 0 Å². The van der Waals surface area contributed by atoms with E-state index in [2.05, 4.69) is 51.6 Å². The minimum atomic E-state index is 0.301. The summed E-state index contributed by atoms with van der Waals surface area (Å²) in [6, 6.07) is 10.8. The van der Waals surface area contributed by atoms with Crippen LogP contribution in [0.2, 0.25) is 0 Å². The van der Waals surface area contributed by atoms with E-state index in [-0.39, 0.29) is 0 Å². The monoisotopic (exact) mass is 308 g/mol. The zero-order valence-electron chi connectivity index (χ0n) is 9.36. The third-order valence-electron chi connectivity index (χ3n) is 3.02. The van der Waals surface area contributed by atoms with Crippen LogP contribution < -0.4 is 4.74 Å². The number of benzene rings is 1. The van der Waals surface area contributed by atoms with Crippen molar-refractivity contribution >= 4 is 27.3 Å². The molecule has 1 atom stereocenters. The summed E-state index contributed by atoms with van der Waals surface area (Å²) in [6.07, 6.45) is 2.26. The maximum absolute atomic E-state index is 5.64. The van der Waals surface area contributed by atoms with Crippen molar-refractivity contribution < 1.29 is 4.74 Å². The summed E-state index contributed by atoms with van der Waals surface area (Å²) in [5.74, 6) is 1.06. The molecule has 2 heterocycles. The average Bonchev–Trinajstić information content (AvgIpc) is 2.91. The summed E-state index contributed by atoms with van der Waals surface area (Å²) < 4.78 is 5.64. The van der Waals surface area contributed by atoms with Gasteiger partial charge in [-0.2, -0.15) is 0 Å². The zero-order valence-corrected chi connectivity index (χ0v) is 11.8. The standard InChI is InChI=1S/C14H13BrOS/c15-14(13-4-2-8-17-13)11-5-6-12-10(9-11)3-1-7-16-12/h2,4-6,8-9,14H,1,3,7H2. The molecule has 0 saturated heterocycles. The molecular formula is C14H13BrOS. The molecular weight excluding hydrogens is 296 g/mol. The number of aryl methyl sites for hydroxylation is 1. The van der Waals surface area contributed by atoms with E-state index in [4.69, 9.17) is 4.74 Å². The predicted molar refractivity (Wildman–Crippen MR) is 75.3 cm³/mol. The smallest absolute Gasteiger partial charge is 0.122 e. The zero-order chi connectivity index (χ0) is 11.7. The summed E-state index contributed by atoms with van der Waals surface area (Å²) in [6.45, 7) is 0.856. The highest BCUT2D eigenvalue weighted by Gasteiger charge is 2.15. The highest BCUT2D eigenvalue weighted by atomic mass is 79.9. The van der Waals surface area contributed by atoms with Gasteiger partial charge in [0.25, 0.3) is 0 Å². The van der Waals surface area contributed by atoms with Crippen LogP contribution in [-0.2, 0) is 6.42 Å². The Kier molecular flexibility index (Phi) is 3.21. The van der Waals surface area contributed by atoms with Crippen molar-refractivity contribution in [3.8, 4) is 5.75 Å². The van der Waals surface area contributed by atoms with Crippen LogP contribution in [0, 0.1) is 0 Å². The van der Waals surface area contributed by atoms with Gasteiger partial charge in [0.1, 0.15) is 5.75 Å². The Morgan fingerprint density at radius 3 is 3.06 bits per heavy atom. The Morgan fingerprint density at radius 1 is 1.29 bits per heavy atom. The minimum Gasteiger partial charge on any atom is -0.493 e. The van der Waals surface area contributed by atoms with Gasteiger partial charge in [-0.25, -0.2) is 0 Å². The molecule has 88 valence electrons. The van der Waals surface area contributed by atoms with Crippen LogP contribution in [0.25, 0.3) is 0 Å². The van der Waals surface area contributed by atoms with Crippen LogP contribution in [0.15, 0.2) is 35.7 Å². The number of thiophene rings is 1. The molecule has 2 aromatic rings. The lowest BCUT2D eigenvalue weighted by molar-refractivity contribution is 0.288. The predicted octanol–water partition coefficient (Wildman–Crippen LogP) is 4.56. The fourth-order valence-corrected chi connectivity index (χ4v) is 3.63. The Hall–Kier alpha value is -0.800. The molecule has 0 N–H and O–H groups in total. The van der Waals surface area contributed by atoms with E-state index in [0.29, 0.717) is 4.83 Å². The van der Waals surface area contributed by atoms with Crippen molar-refractivity contribution in [2.24, 2.45) is 0 Å². The van der Waals surface area contributed by atoms with Crippen LogP contribution in [0.4, 0.5) is 0 Å². The molecule has 3 rings (SSSR count). The van der Waals surface area contributed by atoms with Crippen molar-refractivity contribution in [2.45, 2.75) is 17.7 Å². The number of fused-ring (bicyclic) bond motifs is 1. The van der Waals surface area contributed by atoms with Gasteiger partial charge in [0.05, 0.1) is 11.4 Å². The maximum Gasteiger partial charge on any atom is 0.122 e. The fraction of sp³-hybridized carbons (Fsp3) is 0.286.